The molecule has 0 aliphatic rings. The predicted molar refractivity (Wildman–Crippen MR) is 57.1 cm³/mol. The van der Waals surface area contributed by atoms with Crippen LogP contribution in [0.15, 0.2) is 35.8 Å². The average molecular weight is 217 g/mol. The number of aryl methyl sites for hydroxylation is 1. The molecule has 0 radical (unpaired) electrons. The Labute approximate surface area is 90.8 Å². The maximum absolute atomic E-state index is 13.6. The van der Waals surface area contributed by atoms with Crippen molar-refractivity contribution >= 4 is 5.69 Å². The number of rotatable bonds is 2. The smallest absolute Gasteiger partial charge is 0.147 e. The second-order valence-corrected chi connectivity index (χ2v) is 3.25. The van der Waals surface area contributed by atoms with Crippen LogP contribution >= 0.6 is 0 Å². The maximum atomic E-state index is 13.6. The molecular formula is C10H8FN5. The standard InChI is InChI=1S/C10H8FN5/c1-7-5-16(6-13-7)10-3-2-8(14-15-12)4-9(10)11/h2-6H,1H3. The first-order valence-electron chi connectivity index (χ1n) is 4.56. The number of halogens is 1. The van der Waals surface area contributed by atoms with Crippen LogP contribution in [0, 0.1) is 12.7 Å². The SMILES string of the molecule is Cc1cn(-c2ccc(N=[N+]=[N-])cc2F)cn1. The van der Waals surface area contributed by atoms with Crippen LogP contribution < -0.4 is 0 Å². The molecule has 0 bridgehead atoms. The molecule has 0 aliphatic carbocycles. The fourth-order valence-corrected chi connectivity index (χ4v) is 1.37. The van der Waals surface area contributed by atoms with Crippen LogP contribution in [-0.4, -0.2) is 9.55 Å². The van der Waals surface area contributed by atoms with Gasteiger partial charge in [0.2, 0.25) is 0 Å². The Morgan fingerprint density at radius 1 is 1.50 bits per heavy atom. The van der Waals surface area contributed by atoms with E-state index in [0.29, 0.717) is 5.69 Å². The first kappa shape index (κ1) is 10.2. The van der Waals surface area contributed by atoms with Crippen LogP contribution in [-0.2, 0) is 0 Å². The summed E-state index contributed by atoms with van der Waals surface area (Å²) in [6.45, 7) is 1.82. The second-order valence-electron chi connectivity index (χ2n) is 3.25. The van der Waals surface area contributed by atoms with Crippen molar-refractivity contribution in [3.63, 3.8) is 0 Å². The van der Waals surface area contributed by atoms with Gasteiger partial charge in [-0.05, 0) is 24.6 Å². The monoisotopic (exact) mass is 217 g/mol. The molecule has 0 spiro atoms. The Balaban J connectivity index is 2.47. The Kier molecular flexibility index (Phi) is 2.57. The van der Waals surface area contributed by atoms with Crippen LogP contribution in [0.25, 0.3) is 16.1 Å². The van der Waals surface area contributed by atoms with E-state index in [2.05, 4.69) is 15.0 Å². The molecule has 0 amide bonds. The molecule has 0 aliphatic heterocycles. The van der Waals surface area contributed by atoms with Crippen LogP contribution in [0.2, 0.25) is 0 Å². The Morgan fingerprint density at radius 2 is 2.31 bits per heavy atom. The summed E-state index contributed by atoms with van der Waals surface area (Å²) in [5.41, 5.74) is 9.65. The number of nitrogens with zero attached hydrogens (tertiary/aromatic N) is 5. The van der Waals surface area contributed by atoms with E-state index in [4.69, 9.17) is 5.53 Å². The Bertz CT molecular complexity index is 568. The van der Waals surface area contributed by atoms with Crippen molar-refractivity contribution in [2.45, 2.75) is 6.92 Å². The molecule has 16 heavy (non-hydrogen) atoms. The minimum Gasteiger partial charge on any atom is -0.303 e. The number of imidazole rings is 1. The van der Waals surface area contributed by atoms with Gasteiger partial charge >= 0.3 is 0 Å². The highest BCUT2D eigenvalue weighted by molar-refractivity contribution is 5.45. The third-order valence-electron chi connectivity index (χ3n) is 2.08. The zero-order chi connectivity index (χ0) is 11.5. The van der Waals surface area contributed by atoms with E-state index in [1.165, 1.54) is 12.4 Å². The molecule has 0 unspecified atom stereocenters. The molecule has 5 nitrogen and oxygen atoms in total. The molecule has 1 heterocycles. The van der Waals surface area contributed by atoms with Crippen molar-refractivity contribution in [2.75, 3.05) is 0 Å². The number of aromatic nitrogens is 2. The summed E-state index contributed by atoms with van der Waals surface area (Å²) in [7, 11) is 0. The summed E-state index contributed by atoms with van der Waals surface area (Å²) in [6.07, 6.45) is 3.24. The summed E-state index contributed by atoms with van der Waals surface area (Å²) in [6, 6.07) is 4.28. The second kappa shape index (κ2) is 4.04. The lowest BCUT2D eigenvalue weighted by Crippen LogP contribution is -1.93. The van der Waals surface area contributed by atoms with Gasteiger partial charge in [0.15, 0.2) is 0 Å². The maximum Gasteiger partial charge on any atom is 0.147 e. The summed E-state index contributed by atoms with van der Waals surface area (Å²) in [4.78, 5) is 6.60. The van der Waals surface area contributed by atoms with Gasteiger partial charge < -0.3 is 4.57 Å². The van der Waals surface area contributed by atoms with Crippen molar-refractivity contribution in [3.05, 3.63) is 52.7 Å². The van der Waals surface area contributed by atoms with Gasteiger partial charge in [0, 0.05) is 16.8 Å². The highest BCUT2D eigenvalue weighted by Crippen LogP contribution is 2.20. The van der Waals surface area contributed by atoms with E-state index in [0.717, 1.165) is 5.69 Å². The van der Waals surface area contributed by atoms with Crippen molar-refractivity contribution in [1.29, 1.82) is 0 Å². The van der Waals surface area contributed by atoms with Crippen LogP contribution in [0.4, 0.5) is 10.1 Å². The van der Waals surface area contributed by atoms with Crippen LogP contribution in [0.3, 0.4) is 0 Å². The van der Waals surface area contributed by atoms with Gasteiger partial charge in [0.25, 0.3) is 0 Å². The number of benzene rings is 1. The molecule has 0 saturated heterocycles. The molecule has 1 aromatic carbocycles. The van der Waals surface area contributed by atoms with E-state index >= 15 is 0 Å². The molecule has 0 fully saturated rings. The van der Waals surface area contributed by atoms with E-state index in [-0.39, 0.29) is 5.69 Å². The first-order chi connectivity index (χ1) is 7.70. The van der Waals surface area contributed by atoms with Gasteiger partial charge in [-0.25, -0.2) is 9.37 Å². The van der Waals surface area contributed by atoms with E-state index in [1.54, 1.807) is 22.9 Å². The van der Waals surface area contributed by atoms with Gasteiger partial charge in [-0.15, -0.1) is 0 Å². The van der Waals surface area contributed by atoms with Gasteiger partial charge in [0.05, 0.1) is 17.7 Å². The fraction of sp³-hybridized carbons (Fsp3) is 0.100. The average Bonchev–Trinajstić information content (AvgIpc) is 2.65. The molecule has 2 aromatic rings. The highest BCUT2D eigenvalue weighted by atomic mass is 19.1. The summed E-state index contributed by atoms with van der Waals surface area (Å²) in [5.74, 6) is -0.456. The molecular weight excluding hydrogens is 209 g/mol. The summed E-state index contributed by atoms with van der Waals surface area (Å²) < 4.78 is 15.2. The first-order valence-corrected chi connectivity index (χ1v) is 4.56. The summed E-state index contributed by atoms with van der Waals surface area (Å²) >= 11 is 0. The number of hydrogen-bond donors (Lipinski definition) is 0. The largest absolute Gasteiger partial charge is 0.303 e. The van der Waals surface area contributed by atoms with Gasteiger partial charge in [0.1, 0.15) is 5.82 Å². The third-order valence-corrected chi connectivity index (χ3v) is 2.08. The number of azide groups is 1. The van der Waals surface area contributed by atoms with E-state index < -0.39 is 5.82 Å². The normalized spacial score (nSPS) is 9.88. The van der Waals surface area contributed by atoms with Crippen LogP contribution in [0.1, 0.15) is 5.69 Å². The zero-order valence-electron chi connectivity index (χ0n) is 8.50. The lowest BCUT2D eigenvalue weighted by atomic mass is 10.2. The topological polar surface area (TPSA) is 66.6 Å². The predicted octanol–water partition coefficient (Wildman–Crippen LogP) is 3.26. The molecule has 0 N–H and O–H groups in total. The molecule has 6 heteroatoms. The van der Waals surface area contributed by atoms with E-state index in [9.17, 15) is 4.39 Å². The molecule has 2 rings (SSSR count). The van der Waals surface area contributed by atoms with Crippen LogP contribution in [0.5, 0.6) is 0 Å². The fourth-order valence-electron chi connectivity index (χ4n) is 1.37. The molecule has 80 valence electrons. The Hall–Kier alpha value is -2.33. The highest BCUT2D eigenvalue weighted by Gasteiger charge is 2.05. The van der Waals surface area contributed by atoms with Crippen molar-refractivity contribution in [3.8, 4) is 5.69 Å². The van der Waals surface area contributed by atoms with Gasteiger partial charge in [-0.3, -0.25) is 0 Å². The molecule has 1 aromatic heterocycles. The number of hydrogen-bond acceptors (Lipinski definition) is 2. The lowest BCUT2D eigenvalue weighted by Gasteiger charge is -2.03. The third kappa shape index (κ3) is 1.87. The molecule has 0 atom stereocenters. The van der Waals surface area contributed by atoms with E-state index in [1.807, 2.05) is 6.92 Å². The lowest BCUT2D eigenvalue weighted by molar-refractivity contribution is 0.618. The minimum atomic E-state index is -0.456. The molecule has 0 saturated carbocycles. The summed E-state index contributed by atoms with van der Waals surface area (Å²) in [5, 5.41) is 3.32. The van der Waals surface area contributed by atoms with Crippen molar-refractivity contribution in [2.24, 2.45) is 5.11 Å². The minimum absolute atomic E-state index is 0.251. The quantitative estimate of drug-likeness (QED) is 0.432. The van der Waals surface area contributed by atoms with Crippen molar-refractivity contribution < 1.29 is 4.39 Å². The van der Waals surface area contributed by atoms with Crippen molar-refractivity contribution in [1.82, 2.24) is 9.55 Å². The Morgan fingerprint density at radius 3 is 2.88 bits per heavy atom. The zero-order valence-corrected chi connectivity index (χ0v) is 8.50. The van der Waals surface area contributed by atoms with Gasteiger partial charge in [-0.2, -0.15) is 0 Å². The van der Waals surface area contributed by atoms with Gasteiger partial charge in [-0.1, -0.05) is 11.2 Å².